The van der Waals surface area contributed by atoms with Gasteiger partial charge in [-0.1, -0.05) is 6.92 Å². The Morgan fingerprint density at radius 3 is 2.92 bits per heavy atom. The maximum absolute atomic E-state index is 12.9. The second-order valence-electron chi connectivity index (χ2n) is 6.74. The number of amides is 1. The molecule has 1 aliphatic rings. The molecule has 0 unspecified atom stereocenters. The Kier molecular flexibility index (Phi) is 3.90. The third-order valence-electron chi connectivity index (χ3n) is 5.20. The number of H-pyrrole nitrogens is 1. The molecule has 1 amide bonds. The Balaban J connectivity index is 1.75. The van der Waals surface area contributed by atoms with Gasteiger partial charge in [-0.15, -0.1) is 0 Å². The van der Waals surface area contributed by atoms with Gasteiger partial charge >= 0.3 is 0 Å². The fourth-order valence-corrected chi connectivity index (χ4v) is 3.83. The van der Waals surface area contributed by atoms with Crippen LogP contribution in [0, 0.1) is 6.92 Å². The van der Waals surface area contributed by atoms with Gasteiger partial charge in [0.15, 0.2) is 5.65 Å². The van der Waals surface area contributed by atoms with Gasteiger partial charge < -0.3 is 4.90 Å². The minimum Gasteiger partial charge on any atom is -0.329 e. The average Bonchev–Trinajstić information content (AvgIpc) is 3.32. The van der Waals surface area contributed by atoms with E-state index in [0.29, 0.717) is 29.9 Å². The van der Waals surface area contributed by atoms with Crippen molar-refractivity contribution in [3.8, 4) is 0 Å². The molecule has 0 aromatic carbocycles. The number of hydrogen-bond acceptors (Lipinski definition) is 4. The SMILES string of the molecule is CCc1c(C)nc2cc([C@H]3CCCN3C(=O)c3ccnn3C)[nH]n2c1=O. The Labute approximate surface area is 150 Å². The van der Waals surface area contributed by atoms with Crippen molar-refractivity contribution in [1.29, 1.82) is 0 Å². The number of carbonyl (C=O) groups excluding carboxylic acids is 1. The maximum atomic E-state index is 12.9. The molecule has 1 atom stereocenters. The number of rotatable bonds is 3. The predicted molar refractivity (Wildman–Crippen MR) is 96.1 cm³/mol. The highest BCUT2D eigenvalue weighted by Gasteiger charge is 2.33. The van der Waals surface area contributed by atoms with Crippen LogP contribution < -0.4 is 5.56 Å². The topological polar surface area (TPSA) is 88.3 Å². The summed E-state index contributed by atoms with van der Waals surface area (Å²) in [6.07, 6.45) is 4.04. The van der Waals surface area contributed by atoms with Gasteiger partial charge in [-0.25, -0.2) is 9.50 Å². The molecule has 8 nitrogen and oxygen atoms in total. The third kappa shape index (κ3) is 2.44. The van der Waals surface area contributed by atoms with Crippen molar-refractivity contribution in [3.05, 3.63) is 51.3 Å². The van der Waals surface area contributed by atoms with E-state index in [9.17, 15) is 9.59 Å². The number of aryl methyl sites for hydroxylation is 2. The molecule has 1 aliphatic heterocycles. The lowest BCUT2D eigenvalue weighted by atomic mass is 10.1. The van der Waals surface area contributed by atoms with Gasteiger partial charge in [0.05, 0.1) is 11.7 Å². The zero-order valence-corrected chi connectivity index (χ0v) is 15.2. The summed E-state index contributed by atoms with van der Waals surface area (Å²) in [6, 6.07) is 3.52. The Morgan fingerprint density at radius 1 is 1.42 bits per heavy atom. The molecule has 136 valence electrons. The van der Waals surface area contributed by atoms with E-state index in [1.807, 2.05) is 24.8 Å². The smallest absolute Gasteiger partial charge is 0.276 e. The Hall–Kier alpha value is -2.90. The quantitative estimate of drug-likeness (QED) is 0.774. The van der Waals surface area contributed by atoms with E-state index in [1.165, 1.54) is 4.52 Å². The molecule has 1 N–H and O–H groups in total. The lowest BCUT2D eigenvalue weighted by Crippen LogP contribution is -2.32. The van der Waals surface area contributed by atoms with E-state index in [0.717, 1.165) is 24.2 Å². The number of hydrogen-bond donors (Lipinski definition) is 1. The summed E-state index contributed by atoms with van der Waals surface area (Å²) in [5.74, 6) is -0.0445. The molecule has 26 heavy (non-hydrogen) atoms. The molecule has 0 bridgehead atoms. The first-order chi connectivity index (χ1) is 12.5. The summed E-state index contributed by atoms with van der Waals surface area (Å²) >= 11 is 0. The summed E-state index contributed by atoms with van der Waals surface area (Å²) in [7, 11) is 1.76. The van der Waals surface area contributed by atoms with Crippen molar-refractivity contribution < 1.29 is 4.79 Å². The molecule has 4 heterocycles. The van der Waals surface area contributed by atoms with Crippen LogP contribution in [-0.2, 0) is 13.5 Å². The van der Waals surface area contributed by atoms with E-state index < -0.39 is 0 Å². The van der Waals surface area contributed by atoms with E-state index in [1.54, 1.807) is 24.0 Å². The van der Waals surface area contributed by atoms with Crippen LogP contribution in [0.5, 0.6) is 0 Å². The fourth-order valence-electron chi connectivity index (χ4n) is 3.83. The second-order valence-corrected chi connectivity index (χ2v) is 6.74. The van der Waals surface area contributed by atoms with Crippen LogP contribution >= 0.6 is 0 Å². The third-order valence-corrected chi connectivity index (χ3v) is 5.20. The van der Waals surface area contributed by atoms with Gasteiger partial charge in [-0.05, 0) is 32.3 Å². The van der Waals surface area contributed by atoms with Gasteiger partial charge in [-0.2, -0.15) is 5.10 Å². The lowest BCUT2D eigenvalue weighted by molar-refractivity contribution is 0.0721. The van der Waals surface area contributed by atoms with Crippen LogP contribution in [0.2, 0.25) is 0 Å². The summed E-state index contributed by atoms with van der Waals surface area (Å²) in [5, 5.41) is 7.27. The first-order valence-corrected chi connectivity index (χ1v) is 8.91. The van der Waals surface area contributed by atoms with E-state index >= 15 is 0 Å². The van der Waals surface area contributed by atoms with Crippen molar-refractivity contribution in [2.45, 2.75) is 39.2 Å². The predicted octanol–water partition coefficient (Wildman–Crippen LogP) is 1.60. The minimum atomic E-state index is -0.0936. The molecule has 0 radical (unpaired) electrons. The van der Waals surface area contributed by atoms with Crippen molar-refractivity contribution >= 4 is 11.6 Å². The summed E-state index contributed by atoms with van der Waals surface area (Å²) in [5.41, 5.74) is 3.41. The first kappa shape index (κ1) is 16.6. The molecule has 3 aromatic rings. The van der Waals surface area contributed by atoms with Gasteiger partial charge in [0.1, 0.15) is 5.69 Å². The summed E-state index contributed by atoms with van der Waals surface area (Å²) < 4.78 is 3.08. The summed E-state index contributed by atoms with van der Waals surface area (Å²) in [4.78, 5) is 32.0. The molecule has 1 fully saturated rings. The molecule has 4 rings (SSSR count). The van der Waals surface area contributed by atoms with Gasteiger partial charge in [-0.3, -0.25) is 19.4 Å². The fraction of sp³-hybridized carbons (Fsp3) is 0.444. The molecule has 8 heteroatoms. The van der Waals surface area contributed by atoms with E-state index in [4.69, 9.17) is 0 Å². The van der Waals surface area contributed by atoms with Gasteiger partial charge in [0.25, 0.3) is 11.5 Å². The van der Waals surface area contributed by atoms with Crippen molar-refractivity contribution in [3.63, 3.8) is 0 Å². The van der Waals surface area contributed by atoms with Crippen LogP contribution in [0.4, 0.5) is 0 Å². The van der Waals surface area contributed by atoms with Crippen LogP contribution in [0.25, 0.3) is 5.65 Å². The van der Waals surface area contributed by atoms with E-state index in [-0.39, 0.29) is 17.5 Å². The number of nitrogens with one attached hydrogen (secondary N) is 1. The highest BCUT2D eigenvalue weighted by molar-refractivity contribution is 5.93. The number of carbonyl (C=O) groups is 1. The first-order valence-electron chi connectivity index (χ1n) is 8.91. The molecule has 1 saturated heterocycles. The van der Waals surface area contributed by atoms with Crippen molar-refractivity contribution in [2.24, 2.45) is 7.05 Å². The standard InChI is InChI=1S/C18H22N6O2/c1-4-12-11(2)20-16-10-13(21-24(16)17(12)25)14-6-5-9-23(14)18(26)15-7-8-19-22(15)3/h7-8,10,14,21H,4-6,9H2,1-3H3/t14-/m1/s1. The van der Waals surface area contributed by atoms with Gasteiger partial charge in [0, 0.05) is 37.1 Å². The number of nitrogens with zero attached hydrogens (tertiary/aromatic N) is 5. The normalized spacial score (nSPS) is 17.3. The zero-order chi connectivity index (χ0) is 18.4. The highest BCUT2D eigenvalue weighted by Crippen LogP contribution is 2.32. The monoisotopic (exact) mass is 354 g/mol. The number of fused-ring (bicyclic) bond motifs is 1. The molecular weight excluding hydrogens is 332 g/mol. The maximum Gasteiger partial charge on any atom is 0.276 e. The average molecular weight is 354 g/mol. The number of aromatic amines is 1. The van der Waals surface area contributed by atoms with E-state index in [2.05, 4.69) is 15.2 Å². The molecule has 3 aromatic heterocycles. The Bertz CT molecular complexity index is 1040. The lowest BCUT2D eigenvalue weighted by Gasteiger charge is -2.23. The van der Waals surface area contributed by atoms with Crippen molar-refractivity contribution in [1.82, 2.24) is 29.3 Å². The molecular formula is C18H22N6O2. The summed E-state index contributed by atoms with van der Waals surface area (Å²) in [6.45, 7) is 4.50. The number of aromatic nitrogens is 5. The van der Waals surface area contributed by atoms with Crippen LogP contribution in [0.15, 0.2) is 23.1 Å². The molecule has 0 spiro atoms. The molecule has 0 saturated carbocycles. The highest BCUT2D eigenvalue weighted by atomic mass is 16.2. The van der Waals surface area contributed by atoms with Crippen molar-refractivity contribution in [2.75, 3.05) is 6.54 Å². The van der Waals surface area contributed by atoms with Gasteiger partial charge in [0.2, 0.25) is 0 Å². The largest absolute Gasteiger partial charge is 0.329 e. The minimum absolute atomic E-state index is 0.0445. The van der Waals surface area contributed by atoms with Crippen LogP contribution in [0.1, 0.15) is 53.2 Å². The Morgan fingerprint density at radius 2 is 2.23 bits per heavy atom. The second kappa shape index (κ2) is 6.12. The zero-order valence-electron chi connectivity index (χ0n) is 15.2. The molecule has 0 aliphatic carbocycles. The van der Waals surface area contributed by atoms with Crippen LogP contribution in [-0.4, -0.2) is 41.7 Å². The number of likely N-dealkylation sites (tertiary alicyclic amines) is 1. The van der Waals surface area contributed by atoms with Crippen LogP contribution in [0.3, 0.4) is 0 Å².